The van der Waals surface area contributed by atoms with Gasteiger partial charge >= 0.3 is 12.2 Å². The van der Waals surface area contributed by atoms with Gasteiger partial charge in [-0.05, 0) is 12.3 Å². The Morgan fingerprint density at radius 2 is 1.79 bits per heavy atom. The third kappa shape index (κ3) is 1.36. The van der Waals surface area contributed by atoms with Crippen molar-refractivity contribution in [2.45, 2.75) is 12.5 Å². The van der Waals surface area contributed by atoms with Gasteiger partial charge in [-0.3, -0.25) is 0 Å². The number of hydrogen-bond donors (Lipinski definition) is 2. The molecule has 78 valence electrons. The van der Waals surface area contributed by atoms with E-state index in [4.69, 9.17) is 10.2 Å². The summed E-state index contributed by atoms with van der Waals surface area (Å²) in [4.78, 5) is 24.2. The summed E-state index contributed by atoms with van der Waals surface area (Å²) in [7, 11) is 0. The fraction of sp³-hybridized carbons (Fsp3) is 0.750. The maximum atomic E-state index is 10.8. The van der Waals surface area contributed by atoms with Crippen molar-refractivity contribution in [1.29, 1.82) is 0 Å². The van der Waals surface area contributed by atoms with Gasteiger partial charge in [-0.1, -0.05) is 0 Å². The first-order chi connectivity index (χ1) is 6.58. The Kier molecular flexibility index (Phi) is 1.98. The molecular formula is C8H12N2O4. The lowest BCUT2D eigenvalue weighted by molar-refractivity contribution is 0.110. The molecule has 14 heavy (non-hydrogen) atoms. The second-order valence-electron chi connectivity index (χ2n) is 3.88. The summed E-state index contributed by atoms with van der Waals surface area (Å²) in [6, 6.07) is -0.137. The van der Waals surface area contributed by atoms with E-state index in [0.29, 0.717) is 19.6 Å². The van der Waals surface area contributed by atoms with Gasteiger partial charge < -0.3 is 20.0 Å². The van der Waals surface area contributed by atoms with Crippen LogP contribution in [0.1, 0.15) is 6.42 Å². The molecule has 6 nitrogen and oxygen atoms in total. The quantitative estimate of drug-likeness (QED) is 0.591. The molecule has 2 bridgehead atoms. The minimum Gasteiger partial charge on any atom is -0.465 e. The Morgan fingerprint density at radius 3 is 2.36 bits per heavy atom. The van der Waals surface area contributed by atoms with E-state index in [1.165, 1.54) is 9.80 Å². The van der Waals surface area contributed by atoms with Crippen LogP contribution in [0.3, 0.4) is 0 Å². The molecule has 2 N–H and O–H groups in total. The van der Waals surface area contributed by atoms with Gasteiger partial charge in [0.05, 0.1) is 6.04 Å². The van der Waals surface area contributed by atoms with Gasteiger partial charge in [0.15, 0.2) is 0 Å². The number of amides is 2. The van der Waals surface area contributed by atoms with Gasteiger partial charge in [0.25, 0.3) is 0 Å². The van der Waals surface area contributed by atoms with E-state index < -0.39 is 12.2 Å². The molecule has 2 saturated heterocycles. The molecule has 0 aromatic heterocycles. The predicted octanol–water partition coefficient (Wildman–Crippen LogP) is 0.348. The number of carbonyl (C=O) groups is 2. The Morgan fingerprint density at radius 1 is 1.07 bits per heavy atom. The average Bonchev–Trinajstić information content (AvgIpc) is 2.41. The fourth-order valence-corrected chi connectivity index (χ4v) is 2.35. The molecule has 2 amide bonds. The summed E-state index contributed by atoms with van der Waals surface area (Å²) >= 11 is 0. The van der Waals surface area contributed by atoms with Gasteiger partial charge in [0, 0.05) is 19.6 Å². The normalized spacial score (nSPS) is 30.6. The van der Waals surface area contributed by atoms with Crippen molar-refractivity contribution in [3.63, 3.8) is 0 Å². The molecule has 0 unspecified atom stereocenters. The number of carboxylic acid groups (broad SMARTS) is 2. The van der Waals surface area contributed by atoms with Crippen molar-refractivity contribution >= 4 is 12.2 Å². The van der Waals surface area contributed by atoms with E-state index in [1.807, 2.05) is 0 Å². The van der Waals surface area contributed by atoms with Crippen LogP contribution in [0.4, 0.5) is 9.59 Å². The Bertz CT molecular complexity index is 279. The van der Waals surface area contributed by atoms with Gasteiger partial charge in [-0.25, -0.2) is 9.59 Å². The maximum Gasteiger partial charge on any atom is 0.407 e. The van der Waals surface area contributed by atoms with Gasteiger partial charge in [0.1, 0.15) is 0 Å². The van der Waals surface area contributed by atoms with E-state index in [0.717, 1.165) is 6.42 Å². The van der Waals surface area contributed by atoms with Gasteiger partial charge in [-0.2, -0.15) is 0 Å². The van der Waals surface area contributed by atoms with Crippen molar-refractivity contribution in [2.75, 3.05) is 19.6 Å². The summed E-state index contributed by atoms with van der Waals surface area (Å²) in [5, 5.41) is 17.6. The summed E-state index contributed by atoms with van der Waals surface area (Å²) in [6.45, 7) is 1.26. The van der Waals surface area contributed by atoms with E-state index in [-0.39, 0.29) is 12.0 Å². The van der Waals surface area contributed by atoms with Crippen molar-refractivity contribution in [3.8, 4) is 0 Å². The Labute approximate surface area is 80.7 Å². The van der Waals surface area contributed by atoms with Crippen LogP contribution in [-0.2, 0) is 0 Å². The molecule has 2 fully saturated rings. The molecule has 6 heteroatoms. The largest absolute Gasteiger partial charge is 0.465 e. The average molecular weight is 200 g/mol. The lowest BCUT2D eigenvalue weighted by Crippen LogP contribution is -2.45. The SMILES string of the molecule is O=C(O)N1C[C@H]2C[C@@H](C1)N(C(=O)O)C2. The van der Waals surface area contributed by atoms with Crippen LogP contribution in [0.2, 0.25) is 0 Å². The Balaban J connectivity index is 2.08. The number of likely N-dealkylation sites (tertiary alicyclic amines) is 2. The van der Waals surface area contributed by atoms with Crippen LogP contribution in [0.15, 0.2) is 0 Å². The third-order valence-corrected chi connectivity index (χ3v) is 2.93. The summed E-state index contributed by atoms with van der Waals surface area (Å²) < 4.78 is 0. The number of rotatable bonds is 0. The molecule has 2 aliphatic rings. The van der Waals surface area contributed by atoms with Crippen LogP contribution >= 0.6 is 0 Å². The standard InChI is InChI=1S/C8H12N2O4/c11-7(12)9-2-5-1-6(4-9)10(3-5)8(13)14/h5-6H,1-4H2,(H,11,12)(H,13,14)/t5-,6+/m1/s1. The van der Waals surface area contributed by atoms with E-state index in [2.05, 4.69) is 0 Å². The fourth-order valence-electron chi connectivity index (χ4n) is 2.35. The molecule has 0 spiro atoms. The summed E-state index contributed by atoms with van der Waals surface area (Å²) in [6.07, 6.45) is -1.09. The first-order valence-electron chi connectivity index (χ1n) is 4.55. The number of fused-ring (bicyclic) bond motifs is 2. The van der Waals surface area contributed by atoms with Crippen molar-refractivity contribution < 1.29 is 19.8 Å². The van der Waals surface area contributed by atoms with Crippen LogP contribution in [0.25, 0.3) is 0 Å². The highest BCUT2D eigenvalue weighted by molar-refractivity contribution is 5.68. The Hall–Kier alpha value is -1.46. The van der Waals surface area contributed by atoms with Crippen LogP contribution in [-0.4, -0.2) is 57.9 Å². The van der Waals surface area contributed by atoms with Crippen molar-refractivity contribution in [1.82, 2.24) is 9.80 Å². The van der Waals surface area contributed by atoms with E-state index in [1.54, 1.807) is 0 Å². The van der Waals surface area contributed by atoms with E-state index >= 15 is 0 Å². The van der Waals surface area contributed by atoms with Crippen LogP contribution in [0, 0.1) is 5.92 Å². The molecule has 2 rings (SSSR count). The molecule has 2 heterocycles. The van der Waals surface area contributed by atoms with Gasteiger partial charge in [-0.15, -0.1) is 0 Å². The zero-order valence-corrected chi connectivity index (χ0v) is 7.59. The van der Waals surface area contributed by atoms with Gasteiger partial charge in [0.2, 0.25) is 0 Å². The molecule has 0 aromatic carbocycles. The molecule has 0 aromatic rings. The maximum absolute atomic E-state index is 10.8. The molecule has 0 radical (unpaired) electrons. The predicted molar refractivity (Wildman–Crippen MR) is 46.2 cm³/mol. The summed E-state index contributed by atoms with van der Waals surface area (Å²) in [5.74, 6) is 0.181. The van der Waals surface area contributed by atoms with Crippen molar-refractivity contribution in [3.05, 3.63) is 0 Å². The monoisotopic (exact) mass is 200 g/mol. The highest BCUT2D eigenvalue weighted by atomic mass is 16.4. The topological polar surface area (TPSA) is 81.1 Å². The molecular weight excluding hydrogens is 188 g/mol. The number of hydrogen-bond acceptors (Lipinski definition) is 2. The lowest BCUT2D eigenvalue weighted by atomic mass is 10.0. The van der Waals surface area contributed by atoms with Crippen molar-refractivity contribution in [2.24, 2.45) is 5.92 Å². The molecule has 0 saturated carbocycles. The highest BCUT2D eigenvalue weighted by Gasteiger charge is 2.42. The second-order valence-corrected chi connectivity index (χ2v) is 3.88. The minimum absolute atomic E-state index is 0.137. The summed E-state index contributed by atoms with van der Waals surface area (Å²) in [5.41, 5.74) is 0. The first-order valence-corrected chi connectivity index (χ1v) is 4.55. The number of nitrogens with zero attached hydrogens (tertiary/aromatic N) is 2. The zero-order chi connectivity index (χ0) is 10.3. The molecule has 0 aliphatic carbocycles. The first kappa shape index (κ1) is 9.11. The highest BCUT2D eigenvalue weighted by Crippen LogP contribution is 2.29. The van der Waals surface area contributed by atoms with Crippen LogP contribution < -0.4 is 0 Å². The number of piperidine rings is 1. The smallest absolute Gasteiger partial charge is 0.407 e. The second kappa shape index (κ2) is 3.04. The van der Waals surface area contributed by atoms with E-state index in [9.17, 15) is 9.59 Å². The lowest BCUT2D eigenvalue weighted by Gasteiger charge is -2.29. The van der Waals surface area contributed by atoms with Crippen LogP contribution in [0.5, 0.6) is 0 Å². The molecule has 2 atom stereocenters. The molecule has 2 aliphatic heterocycles. The third-order valence-electron chi connectivity index (χ3n) is 2.93. The zero-order valence-electron chi connectivity index (χ0n) is 7.59. The minimum atomic E-state index is -0.952.